The van der Waals surface area contributed by atoms with Crippen LogP contribution < -0.4 is 4.90 Å². The summed E-state index contributed by atoms with van der Waals surface area (Å²) >= 11 is 0. The number of nitrogens with zero attached hydrogens (tertiary/aromatic N) is 2. The minimum Gasteiger partial charge on any atom is -0.337 e. The molecule has 3 aromatic rings. The van der Waals surface area contributed by atoms with Crippen molar-refractivity contribution in [2.24, 2.45) is 5.92 Å². The third-order valence-corrected chi connectivity index (χ3v) is 8.04. The zero-order chi connectivity index (χ0) is 21.9. The van der Waals surface area contributed by atoms with Gasteiger partial charge < -0.3 is 9.47 Å². The molecule has 0 amide bonds. The summed E-state index contributed by atoms with van der Waals surface area (Å²) in [6, 6.07) is 18.5. The molecule has 0 saturated heterocycles. The Morgan fingerprint density at radius 1 is 0.939 bits per heavy atom. The molecule has 33 heavy (non-hydrogen) atoms. The number of rotatable bonds is 2. The van der Waals surface area contributed by atoms with Gasteiger partial charge in [0.15, 0.2) is 0 Å². The van der Waals surface area contributed by atoms with Gasteiger partial charge in [-0.2, -0.15) is 0 Å². The minimum atomic E-state index is 0.458. The molecule has 164 valence electrons. The van der Waals surface area contributed by atoms with Crippen LogP contribution in [0.25, 0.3) is 22.7 Å². The third-order valence-electron chi connectivity index (χ3n) is 8.04. The average molecular weight is 431 g/mol. The van der Waals surface area contributed by atoms with Gasteiger partial charge in [0.05, 0.1) is 11.6 Å². The Morgan fingerprint density at radius 2 is 1.82 bits per heavy atom. The Bertz CT molecular complexity index is 1380. The molecule has 2 heterocycles. The van der Waals surface area contributed by atoms with Crippen LogP contribution in [0.15, 0.2) is 84.6 Å². The Balaban J connectivity index is 1.38. The molecule has 2 nitrogen and oxygen atoms in total. The maximum absolute atomic E-state index is 2.66. The molecule has 2 aromatic carbocycles. The van der Waals surface area contributed by atoms with Gasteiger partial charge >= 0.3 is 0 Å². The molecule has 2 heteroatoms. The van der Waals surface area contributed by atoms with E-state index in [4.69, 9.17) is 0 Å². The maximum Gasteiger partial charge on any atom is 0.0588 e. The molecule has 7 rings (SSSR count). The molecule has 3 aliphatic carbocycles. The Kier molecular flexibility index (Phi) is 4.30. The first kappa shape index (κ1) is 19.2. The summed E-state index contributed by atoms with van der Waals surface area (Å²) in [4.78, 5) is 2.66. The molecule has 2 unspecified atom stereocenters. The highest BCUT2D eigenvalue weighted by Crippen LogP contribution is 2.49. The van der Waals surface area contributed by atoms with E-state index in [1.54, 1.807) is 0 Å². The Labute approximate surface area is 196 Å². The molecule has 0 bridgehead atoms. The minimum absolute atomic E-state index is 0.458. The van der Waals surface area contributed by atoms with E-state index in [0.29, 0.717) is 17.9 Å². The number of anilines is 1. The SMILES string of the molecule is CC1C=Cc2c(n(C3=CCCC(N4c5ccccc5C5CCC=C[C@@H]54)=C3)c3ccccc23)C1. The van der Waals surface area contributed by atoms with Gasteiger partial charge in [0.1, 0.15) is 0 Å². The highest BCUT2D eigenvalue weighted by Gasteiger charge is 2.39. The first-order valence-corrected chi connectivity index (χ1v) is 12.6. The number of para-hydroxylation sites is 2. The second-order valence-electron chi connectivity index (χ2n) is 10.1. The van der Waals surface area contributed by atoms with Crippen LogP contribution in [-0.4, -0.2) is 10.6 Å². The van der Waals surface area contributed by atoms with Crippen molar-refractivity contribution < 1.29 is 0 Å². The van der Waals surface area contributed by atoms with E-state index in [2.05, 4.69) is 101 Å². The lowest BCUT2D eigenvalue weighted by Crippen LogP contribution is -2.33. The van der Waals surface area contributed by atoms with Crippen LogP contribution in [0.5, 0.6) is 0 Å². The average Bonchev–Trinajstić information content (AvgIpc) is 3.37. The highest BCUT2D eigenvalue weighted by molar-refractivity contribution is 5.95. The molecule has 3 atom stereocenters. The summed E-state index contributed by atoms with van der Waals surface area (Å²) in [7, 11) is 0. The summed E-state index contributed by atoms with van der Waals surface area (Å²) in [6.45, 7) is 2.33. The summed E-state index contributed by atoms with van der Waals surface area (Å²) in [5.74, 6) is 1.19. The van der Waals surface area contributed by atoms with Crippen molar-refractivity contribution in [3.8, 4) is 0 Å². The molecule has 0 spiro atoms. The molecule has 1 aliphatic heterocycles. The van der Waals surface area contributed by atoms with Crippen LogP contribution in [0.3, 0.4) is 0 Å². The van der Waals surface area contributed by atoms with E-state index in [1.165, 1.54) is 57.6 Å². The van der Waals surface area contributed by atoms with Gasteiger partial charge in [-0.1, -0.05) is 73.7 Å². The predicted molar refractivity (Wildman–Crippen MR) is 139 cm³/mol. The van der Waals surface area contributed by atoms with Gasteiger partial charge in [0.2, 0.25) is 0 Å². The van der Waals surface area contributed by atoms with Crippen molar-refractivity contribution in [2.45, 2.75) is 51.0 Å². The summed E-state index contributed by atoms with van der Waals surface area (Å²) in [5.41, 5.74) is 9.97. The second kappa shape index (κ2) is 7.38. The molecule has 0 fully saturated rings. The van der Waals surface area contributed by atoms with Crippen LogP contribution in [0.2, 0.25) is 0 Å². The predicted octanol–water partition coefficient (Wildman–Crippen LogP) is 7.69. The molecule has 0 saturated carbocycles. The standard InChI is InChI=1S/C31H30N2/c1-21-17-18-27-26-13-4-7-16-30(26)33(31(27)19-21)23-10-8-9-22(20-23)32-28-14-5-2-11-24(28)25-12-3-6-15-29(25)32/h2,4-7,10-11,13-18,20-21,25,29H,3,8-9,12,19H2,1H3/t21?,25?,29-/m0/s1. The summed E-state index contributed by atoms with van der Waals surface area (Å²) in [6.07, 6.45) is 20.3. The van der Waals surface area contributed by atoms with E-state index in [1.807, 2.05) is 0 Å². The van der Waals surface area contributed by atoms with Gasteiger partial charge in [0.25, 0.3) is 0 Å². The van der Waals surface area contributed by atoms with Gasteiger partial charge in [-0.05, 0) is 61.8 Å². The fourth-order valence-corrected chi connectivity index (χ4v) is 6.60. The lowest BCUT2D eigenvalue weighted by atomic mass is 9.86. The van der Waals surface area contributed by atoms with Gasteiger partial charge in [-0.3, -0.25) is 0 Å². The summed E-state index contributed by atoms with van der Waals surface area (Å²) in [5, 5.41) is 1.37. The van der Waals surface area contributed by atoms with Crippen molar-refractivity contribution in [2.75, 3.05) is 4.90 Å². The Morgan fingerprint density at radius 3 is 2.79 bits per heavy atom. The van der Waals surface area contributed by atoms with Crippen molar-refractivity contribution in [3.63, 3.8) is 0 Å². The zero-order valence-electron chi connectivity index (χ0n) is 19.2. The molecule has 1 aromatic heterocycles. The largest absolute Gasteiger partial charge is 0.337 e. The molecule has 0 radical (unpaired) electrons. The van der Waals surface area contributed by atoms with Crippen LogP contribution in [0, 0.1) is 5.92 Å². The van der Waals surface area contributed by atoms with Crippen molar-refractivity contribution in [1.82, 2.24) is 4.57 Å². The maximum atomic E-state index is 2.66. The fraction of sp³-hybridized carbons (Fsp3) is 0.290. The third kappa shape index (κ3) is 2.86. The number of benzene rings is 2. The van der Waals surface area contributed by atoms with E-state index in [9.17, 15) is 0 Å². The monoisotopic (exact) mass is 430 g/mol. The zero-order valence-corrected chi connectivity index (χ0v) is 19.2. The lowest BCUT2D eigenvalue weighted by molar-refractivity contribution is 0.559. The van der Waals surface area contributed by atoms with Crippen molar-refractivity contribution in [1.29, 1.82) is 0 Å². The van der Waals surface area contributed by atoms with E-state index < -0.39 is 0 Å². The van der Waals surface area contributed by atoms with Crippen molar-refractivity contribution in [3.05, 3.63) is 101 Å². The number of hydrogen-bond donors (Lipinski definition) is 0. The van der Waals surface area contributed by atoms with Crippen LogP contribution in [0.1, 0.15) is 55.3 Å². The summed E-state index contributed by atoms with van der Waals surface area (Å²) < 4.78 is 2.56. The van der Waals surface area contributed by atoms with Gasteiger partial charge in [-0.25, -0.2) is 0 Å². The molecular formula is C31H30N2. The molecule has 0 N–H and O–H groups in total. The van der Waals surface area contributed by atoms with E-state index in [-0.39, 0.29) is 0 Å². The molecule has 4 aliphatic rings. The van der Waals surface area contributed by atoms with Gasteiger partial charge in [-0.15, -0.1) is 0 Å². The number of hydrogen-bond acceptors (Lipinski definition) is 1. The van der Waals surface area contributed by atoms with Crippen LogP contribution in [-0.2, 0) is 6.42 Å². The smallest absolute Gasteiger partial charge is 0.0588 e. The first-order valence-electron chi connectivity index (χ1n) is 12.6. The molecular weight excluding hydrogens is 400 g/mol. The first-order chi connectivity index (χ1) is 16.3. The van der Waals surface area contributed by atoms with Crippen LogP contribution >= 0.6 is 0 Å². The highest BCUT2D eigenvalue weighted by atomic mass is 15.2. The van der Waals surface area contributed by atoms with E-state index in [0.717, 1.165) is 19.3 Å². The number of aromatic nitrogens is 1. The normalized spacial score (nSPS) is 25.5. The topological polar surface area (TPSA) is 8.17 Å². The Hall–Kier alpha value is -3.26. The van der Waals surface area contributed by atoms with E-state index >= 15 is 0 Å². The quantitative estimate of drug-likeness (QED) is 0.378. The number of allylic oxidation sites excluding steroid dienone is 6. The van der Waals surface area contributed by atoms with Crippen LogP contribution in [0.4, 0.5) is 5.69 Å². The second-order valence-corrected chi connectivity index (χ2v) is 10.1. The number of fused-ring (bicyclic) bond motifs is 6. The lowest BCUT2D eigenvalue weighted by Gasteiger charge is -2.34. The fourth-order valence-electron chi connectivity index (χ4n) is 6.60. The van der Waals surface area contributed by atoms with Crippen molar-refractivity contribution >= 4 is 28.4 Å². The van der Waals surface area contributed by atoms with Gasteiger partial charge in [0, 0.05) is 39.6 Å².